The molecule has 5 saturated carbocycles. The number of sulfonamides is 1. The number of aliphatic hydroxyl groups is 1. The minimum absolute atomic E-state index is 0.0626. The predicted molar refractivity (Wildman–Crippen MR) is 118 cm³/mol. The van der Waals surface area contributed by atoms with E-state index >= 15 is 4.39 Å². The Hall–Kier alpha value is -1.55. The molecular weight excluding hydrogens is 447 g/mol. The van der Waals surface area contributed by atoms with E-state index in [2.05, 4.69) is 5.48 Å². The minimum Gasteiger partial charge on any atom is -0.388 e. The minimum atomic E-state index is -3.93. The molecule has 7 nitrogen and oxygen atoms in total. The topological polar surface area (TPSA) is 95.9 Å². The number of hydrogen-bond donors (Lipinski definition) is 2. The molecule has 1 amide bonds. The van der Waals surface area contributed by atoms with Crippen LogP contribution in [-0.4, -0.2) is 53.5 Å². The van der Waals surface area contributed by atoms with Crippen molar-refractivity contribution in [3.8, 4) is 0 Å². The largest absolute Gasteiger partial charge is 0.388 e. The molecule has 4 bridgehead atoms. The van der Waals surface area contributed by atoms with Crippen molar-refractivity contribution < 1.29 is 27.5 Å². The average Bonchev–Trinajstić information content (AvgIpc) is 3.54. The smallest absolute Gasteiger partial charge is 0.274 e. The van der Waals surface area contributed by atoms with E-state index in [0.29, 0.717) is 57.2 Å². The molecule has 9 heteroatoms. The average molecular weight is 479 g/mol. The number of halogens is 1. The first-order valence-electron chi connectivity index (χ1n) is 12.1. The van der Waals surface area contributed by atoms with Gasteiger partial charge in [0.15, 0.2) is 0 Å². The van der Waals surface area contributed by atoms with E-state index in [1.54, 1.807) is 30.3 Å². The lowest BCUT2D eigenvalue weighted by Crippen LogP contribution is -2.76. The zero-order valence-corrected chi connectivity index (χ0v) is 19.4. The van der Waals surface area contributed by atoms with Gasteiger partial charge in [0.05, 0.1) is 11.0 Å². The highest BCUT2D eigenvalue weighted by atomic mass is 32.2. The molecule has 1 aliphatic heterocycles. The summed E-state index contributed by atoms with van der Waals surface area (Å²) in [5, 5.41) is 10.5. The quantitative estimate of drug-likeness (QED) is 0.588. The lowest BCUT2D eigenvalue weighted by Gasteiger charge is -2.67. The summed E-state index contributed by atoms with van der Waals surface area (Å²) < 4.78 is 46.3. The van der Waals surface area contributed by atoms with Crippen molar-refractivity contribution in [1.29, 1.82) is 0 Å². The van der Waals surface area contributed by atoms with Gasteiger partial charge in [0.2, 0.25) is 15.9 Å². The van der Waals surface area contributed by atoms with Gasteiger partial charge >= 0.3 is 0 Å². The van der Waals surface area contributed by atoms with Crippen LogP contribution in [0.5, 0.6) is 0 Å². The van der Waals surface area contributed by atoms with E-state index in [0.717, 1.165) is 12.8 Å². The number of hydrogen-bond acceptors (Lipinski definition) is 5. The number of nitrogens with one attached hydrogen (secondary N) is 1. The molecule has 1 heterocycles. The molecular formula is C24H31FN2O5S. The molecule has 1 saturated heterocycles. The molecule has 0 radical (unpaired) electrons. The van der Waals surface area contributed by atoms with Gasteiger partial charge < -0.3 is 5.11 Å². The van der Waals surface area contributed by atoms with Gasteiger partial charge in [-0.3, -0.25) is 4.79 Å². The molecule has 180 valence electrons. The third-order valence-electron chi connectivity index (χ3n) is 8.83. The summed E-state index contributed by atoms with van der Waals surface area (Å²) in [6, 6.07) is 8.43. The van der Waals surface area contributed by atoms with Crippen LogP contribution < -0.4 is 5.48 Å². The number of nitrogens with zero attached hydrogens (tertiary/aromatic N) is 1. The van der Waals surface area contributed by atoms with Crippen LogP contribution in [0.2, 0.25) is 0 Å². The first-order chi connectivity index (χ1) is 15.7. The molecule has 1 aromatic carbocycles. The second-order valence-corrected chi connectivity index (χ2v) is 13.1. The number of rotatable bonds is 7. The Kier molecular flexibility index (Phi) is 4.81. The van der Waals surface area contributed by atoms with Gasteiger partial charge in [0, 0.05) is 24.6 Å². The van der Waals surface area contributed by atoms with Crippen LogP contribution in [0.3, 0.4) is 0 Å². The fraction of sp³-hybridized carbons (Fsp3) is 0.708. The molecule has 5 aliphatic carbocycles. The summed E-state index contributed by atoms with van der Waals surface area (Å²) in [5.41, 5.74) is -0.183. The molecule has 6 fully saturated rings. The molecule has 7 rings (SSSR count). The Morgan fingerprint density at radius 3 is 2.30 bits per heavy atom. The third-order valence-corrected chi connectivity index (χ3v) is 11.4. The van der Waals surface area contributed by atoms with Gasteiger partial charge in [-0.15, -0.1) is 0 Å². The van der Waals surface area contributed by atoms with Crippen LogP contribution in [0.1, 0.15) is 61.7 Å². The van der Waals surface area contributed by atoms with Crippen molar-refractivity contribution in [2.24, 2.45) is 23.2 Å². The zero-order valence-electron chi connectivity index (χ0n) is 18.6. The van der Waals surface area contributed by atoms with Gasteiger partial charge in [0.25, 0.3) is 5.91 Å². The zero-order chi connectivity index (χ0) is 23.1. The van der Waals surface area contributed by atoms with Gasteiger partial charge in [-0.05, 0) is 75.3 Å². The Balaban J connectivity index is 1.40. The van der Waals surface area contributed by atoms with Crippen LogP contribution >= 0.6 is 0 Å². The summed E-state index contributed by atoms with van der Waals surface area (Å²) in [6.45, 7) is 0.818. The van der Waals surface area contributed by atoms with E-state index in [1.807, 2.05) is 0 Å². The second kappa shape index (κ2) is 7.23. The Morgan fingerprint density at radius 1 is 1.12 bits per heavy atom. The summed E-state index contributed by atoms with van der Waals surface area (Å²) in [6.07, 6.45) is 4.30. The molecule has 4 unspecified atom stereocenters. The molecule has 1 aromatic rings. The van der Waals surface area contributed by atoms with Crippen molar-refractivity contribution in [2.45, 2.75) is 68.1 Å². The van der Waals surface area contributed by atoms with Crippen LogP contribution in [0.4, 0.5) is 4.39 Å². The Morgan fingerprint density at radius 2 is 1.76 bits per heavy atom. The first kappa shape index (κ1) is 21.9. The normalized spacial score (nSPS) is 39.6. The Labute approximate surface area is 193 Å². The van der Waals surface area contributed by atoms with Crippen LogP contribution in [-0.2, 0) is 14.9 Å². The monoisotopic (exact) mass is 478 g/mol. The summed E-state index contributed by atoms with van der Waals surface area (Å²) in [5.74, 6) is -3.29. The van der Waals surface area contributed by atoms with Crippen LogP contribution in [0.25, 0.3) is 0 Å². The van der Waals surface area contributed by atoms with Crippen molar-refractivity contribution >= 4 is 15.9 Å². The highest BCUT2D eigenvalue weighted by Crippen LogP contribution is 2.71. The maximum Gasteiger partial charge on any atom is 0.274 e. The number of carbonyl (C=O) groups excluding carboxylic acids is 1. The Bertz CT molecular complexity index is 1040. The molecule has 0 aromatic heterocycles. The lowest BCUT2D eigenvalue weighted by atomic mass is 9.45. The lowest BCUT2D eigenvalue weighted by molar-refractivity contribution is -0.313. The molecule has 33 heavy (non-hydrogen) atoms. The van der Waals surface area contributed by atoms with E-state index in [-0.39, 0.29) is 11.8 Å². The van der Waals surface area contributed by atoms with Gasteiger partial charge in [-0.2, -0.15) is 0 Å². The van der Waals surface area contributed by atoms with E-state index < -0.39 is 44.0 Å². The van der Waals surface area contributed by atoms with Crippen molar-refractivity contribution in [3.05, 3.63) is 35.9 Å². The summed E-state index contributed by atoms with van der Waals surface area (Å²) in [7, 11) is -3.93. The van der Waals surface area contributed by atoms with Crippen molar-refractivity contribution in [2.75, 3.05) is 13.1 Å². The van der Waals surface area contributed by atoms with Crippen LogP contribution in [0, 0.1) is 23.2 Å². The highest BCUT2D eigenvalue weighted by Gasteiger charge is 2.78. The standard InChI is InChI=1S/C24H31FN2O5S/c25-24(19-7-8-19,32-26-20(28)18-5-2-1-3-6-18)22-12-16-11-17(13-22)15-23(29,14-16)21(22)33(30,31)27-9-4-10-27/h1-3,5-6,16-17,19,21,29H,4,7-15H2,(H,26,28). The summed E-state index contributed by atoms with van der Waals surface area (Å²) in [4.78, 5) is 18.4. The third kappa shape index (κ3) is 3.15. The van der Waals surface area contributed by atoms with E-state index in [9.17, 15) is 18.3 Å². The fourth-order valence-electron chi connectivity index (χ4n) is 7.61. The highest BCUT2D eigenvalue weighted by molar-refractivity contribution is 7.89. The fourth-order valence-corrected chi connectivity index (χ4v) is 10.3. The predicted octanol–water partition coefficient (Wildman–Crippen LogP) is 2.77. The maximum atomic E-state index is 17.3. The second-order valence-electron chi connectivity index (χ2n) is 11.0. The number of hydroxylamine groups is 1. The van der Waals surface area contributed by atoms with Crippen LogP contribution in [0.15, 0.2) is 30.3 Å². The van der Waals surface area contributed by atoms with Gasteiger partial charge in [-0.1, -0.05) is 18.2 Å². The van der Waals surface area contributed by atoms with E-state index in [4.69, 9.17) is 4.84 Å². The number of carbonyl (C=O) groups is 1. The maximum absolute atomic E-state index is 17.3. The number of amides is 1. The molecule has 2 N–H and O–H groups in total. The number of alkyl halides is 1. The van der Waals surface area contributed by atoms with Gasteiger partial charge in [-0.25, -0.2) is 27.4 Å². The molecule has 0 spiro atoms. The van der Waals surface area contributed by atoms with Crippen molar-refractivity contribution in [3.63, 3.8) is 0 Å². The number of benzene rings is 1. The molecule has 4 atom stereocenters. The van der Waals surface area contributed by atoms with Gasteiger partial charge in [0.1, 0.15) is 5.25 Å². The SMILES string of the molecule is O=C(NOC(F)(C1CC1)C12CC3CC(CC(O)(C3)C1S(=O)(=O)N1CCC1)C2)c1ccccc1. The first-order valence-corrected chi connectivity index (χ1v) is 13.6. The molecule has 6 aliphatic rings. The summed E-state index contributed by atoms with van der Waals surface area (Å²) >= 11 is 0. The van der Waals surface area contributed by atoms with Crippen molar-refractivity contribution in [1.82, 2.24) is 9.79 Å². The van der Waals surface area contributed by atoms with E-state index in [1.165, 1.54) is 4.31 Å².